The van der Waals surface area contributed by atoms with E-state index in [1.807, 2.05) is 12.4 Å². The maximum Gasteiger partial charge on any atom is 0.124 e. The Morgan fingerprint density at radius 2 is 1.73 bits per heavy atom. The number of likely N-dealkylation sites (tertiary alicyclic amines) is 1. The van der Waals surface area contributed by atoms with Gasteiger partial charge in [0.05, 0.1) is 24.1 Å². The van der Waals surface area contributed by atoms with Gasteiger partial charge in [-0.2, -0.15) is 0 Å². The molecule has 0 amide bonds. The van der Waals surface area contributed by atoms with E-state index in [2.05, 4.69) is 72.9 Å². The molecule has 5 heterocycles. The Hall–Kier alpha value is -1.95. The number of benzene rings is 1. The zero-order valence-corrected chi connectivity index (χ0v) is 18.5. The van der Waals surface area contributed by atoms with Crippen molar-refractivity contribution in [2.45, 2.75) is 50.9 Å². The monoisotopic (exact) mass is 407 g/mol. The highest BCUT2D eigenvalue weighted by atomic mass is 16.5. The van der Waals surface area contributed by atoms with Gasteiger partial charge < -0.3 is 19.6 Å². The number of nitrogens with zero attached hydrogens (tertiary/aromatic N) is 3. The number of ether oxygens (including phenoxy) is 1. The summed E-state index contributed by atoms with van der Waals surface area (Å²) in [7, 11) is 2.11. The van der Waals surface area contributed by atoms with Crippen molar-refractivity contribution in [3.8, 4) is 0 Å². The first-order valence-electron chi connectivity index (χ1n) is 11.2. The molecule has 4 aliphatic rings. The molecule has 5 nitrogen and oxygen atoms in total. The van der Waals surface area contributed by atoms with Crippen LogP contribution in [-0.2, 0) is 10.3 Å². The third-order valence-electron chi connectivity index (χ3n) is 7.37. The molecule has 0 spiro atoms. The lowest BCUT2D eigenvalue weighted by Gasteiger charge is -2.56. The van der Waals surface area contributed by atoms with Crippen LogP contribution in [0.25, 0.3) is 0 Å². The van der Waals surface area contributed by atoms with E-state index >= 15 is 0 Å². The maximum absolute atomic E-state index is 12.4. The molecule has 0 saturated carbocycles. The lowest BCUT2D eigenvalue weighted by atomic mass is 9.62. The van der Waals surface area contributed by atoms with Crippen LogP contribution < -0.4 is 4.90 Å². The third-order valence-corrected chi connectivity index (χ3v) is 7.37. The second kappa shape index (κ2) is 7.04. The van der Waals surface area contributed by atoms with Gasteiger partial charge in [-0.25, -0.2) is 0 Å². The van der Waals surface area contributed by atoms with Crippen LogP contribution in [0.4, 0.5) is 5.69 Å². The number of pyridine rings is 1. The fraction of sp³-hybridized carbons (Fsp3) is 0.560. The summed E-state index contributed by atoms with van der Waals surface area (Å²) in [5, 5.41) is 12.4. The summed E-state index contributed by atoms with van der Waals surface area (Å²) < 4.78 is 5.80. The number of hydrogen-bond donors (Lipinski definition) is 1. The predicted octanol–water partition coefficient (Wildman–Crippen LogP) is 3.37. The number of rotatable bonds is 5. The molecule has 2 aromatic rings. The van der Waals surface area contributed by atoms with E-state index in [1.165, 1.54) is 12.0 Å². The van der Waals surface area contributed by atoms with Crippen LogP contribution in [-0.4, -0.2) is 60.4 Å². The molecule has 4 aliphatic heterocycles. The number of hydrogen-bond acceptors (Lipinski definition) is 5. The molecule has 2 unspecified atom stereocenters. The van der Waals surface area contributed by atoms with Crippen LogP contribution in [0.1, 0.15) is 49.8 Å². The minimum atomic E-state index is -1.09. The Kier molecular flexibility index (Phi) is 4.69. The fourth-order valence-electron chi connectivity index (χ4n) is 5.71. The molecule has 4 fully saturated rings. The molecule has 5 heteroatoms. The van der Waals surface area contributed by atoms with E-state index < -0.39 is 5.60 Å². The fourth-order valence-corrected chi connectivity index (χ4v) is 5.71. The van der Waals surface area contributed by atoms with Crippen molar-refractivity contribution in [3.05, 3.63) is 59.4 Å². The first-order chi connectivity index (χ1) is 14.3. The SMILES string of the molecule is CC(C)c1ccc([C@](O)(c2cncc(N3CC4CC(C3)O4)c2)C2(C)CN(C)C2)cc1. The minimum absolute atomic E-state index is 0.269. The number of piperidine rings is 1. The molecular formula is C25H33N3O2. The van der Waals surface area contributed by atoms with Crippen molar-refractivity contribution in [3.63, 3.8) is 0 Å². The van der Waals surface area contributed by atoms with Gasteiger partial charge >= 0.3 is 0 Å². The summed E-state index contributed by atoms with van der Waals surface area (Å²) in [6.45, 7) is 10.1. The molecule has 160 valence electrons. The van der Waals surface area contributed by atoms with Crippen LogP contribution in [0.2, 0.25) is 0 Å². The topological polar surface area (TPSA) is 48.8 Å². The molecule has 6 rings (SSSR count). The second-order valence-corrected chi connectivity index (χ2v) is 10.2. The highest BCUT2D eigenvalue weighted by molar-refractivity contribution is 5.52. The maximum atomic E-state index is 12.4. The number of fused-ring (bicyclic) bond motifs is 2. The van der Waals surface area contributed by atoms with Crippen molar-refractivity contribution in [1.29, 1.82) is 0 Å². The van der Waals surface area contributed by atoms with Gasteiger partial charge in [-0.05, 0) is 30.2 Å². The quantitative estimate of drug-likeness (QED) is 0.824. The molecule has 2 bridgehead atoms. The molecule has 30 heavy (non-hydrogen) atoms. The lowest BCUT2D eigenvalue weighted by Crippen LogP contribution is -2.63. The van der Waals surface area contributed by atoms with E-state index in [4.69, 9.17) is 4.74 Å². The highest BCUT2D eigenvalue weighted by Gasteiger charge is 2.55. The summed E-state index contributed by atoms with van der Waals surface area (Å²) in [5.41, 5.74) is 2.84. The lowest BCUT2D eigenvalue weighted by molar-refractivity contribution is -0.133. The smallest absolute Gasteiger partial charge is 0.124 e. The Morgan fingerprint density at radius 1 is 1.10 bits per heavy atom. The molecule has 0 aliphatic carbocycles. The van der Waals surface area contributed by atoms with Crippen molar-refractivity contribution in [2.24, 2.45) is 5.41 Å². The largest absolute Gasteiger partial charge is 0.380 e. The predicted molar refractivity (Wildman–Crippen MR) is 119 cm³/mol. The van der Waals surface area contributed by atoms with E-state index in [1.54, 1.807) is 0 Å². The molecule has 0 radical (unpaired) electrons. The molecule has 1 aromatic carbocycles. The van der Waals surface area contributed by atoms with E-state index in [0.29, 0.717) is 18.1 Å². The zero-order chi connectivity index (χ0) is 21.1. The summed E-state index contributed by atoms with van der Waals surface area (Å²) in [4.78, 5) is 9.19. The molecule has 4 saturated heterocycles. The van der Waals surface area contributed by atoms with Gasteiger partial charge in [0.25, 0.3) is 0 Å². The number of anilines is 1. The summed E-state index contributed by atoms with van der Waals surface area (Å²) in [6.07, 6.45) is 5.62. The van der Waals surface area contributed by atoms with Crippen LogP contribution in [0.15, 0.2) is 42.7 Å². The van der Waals surface area contributed by atoms with Gasteiger partial charge in [-0.3, -0.25) is 4.98 Å². The van der Waals surface area contributed by atoms with Crippen molar-refractivity contribution in [1.82, 2.24) is 9.88 Å². The number of aromatic nitrogens is 1. The highest BCUT2D eigenvalue weighted by Crippen LogP contribution is 2.50. The first-order valence-corrected chi connectivity index (χ1v) is 11.2. The minimum Gasteiger partial charge on any atom is -0.380 e. The van der Waals surface area contributed by atoms with Gasteiger partial charge in [0.15, 0.2) is 0 Å². The van der Waals surface area contributed by atoms with E-state index in [0.717, 1.165) is 43.0 Å². The van der Waals surface area contributed by atoms with Crippen molar-refractivity contribution >= 4 is 5.69 Å². The van der Waals surface area contributed by atoms with Gasteiger partial charge in [0.2, 0.25) is 0 Å². The third kappa shape index (κ3) is 3.06. The molecule has 3 atom stereocenters. The second-order valence-electron chi connectivity index (χ2n) is 10.2. The first kappa shape index (κ1) is 20.0. The van der Waals surface area contributed by atoms with Crippen LogP contribution in [0.5, 0.6) is 0 Å². The average molecular weight is 408 g/mol. The Balaban J connectivity index is 1.54. The average Bonchev–Trinajstić information content (AvgIpc) is 2.72. The van der Waals surface area contributed by atoms with Crippen LogP contribution >= 0.6 is 0 Å². The Bertz CT molecular complexity index is 906. The van der Waals surface area contributed by atoms with Crippen LogP contribution in [0.3, 0.4) is 0 Å². The van der Waals surface area contributed by atoms with Crippen molar-refractivity contribution < 1.29 is 9.84 Å². The van der Waals surface area contributed by atoms with E-state index in [9.17, 15) is 5.11 Å². The number of morpholine rings is 1. The Labute approximate surface area is 179 Å². The van der Waals surface area contributed by atoms with Crippen LogP contribution in [0, 0.1) is 5.41 Å². The standard InChI is InChI=1S/C25H33N3O2/c1-17(2)18-5-7-19(8-6-18)25(29,24(3)15-27(4)16-24)20-9-21(12-26-11-20)28-13-22-10-23(14-28)30-22/h5-9,11-12,17,22-23,29H,10,13-16H2,1-4H3/t22?,23?,25-/m0/s1. The number of aliphatic hydroxyl groups is 1. The van der Waals surface area contributed by atoms with E-state index in [-0.39, 0.29) is 5.41 Å². The van der Waals surface area contributed by atoms with Gasteiger partial charge in [0.1, 0.15) is 5.60 Å². The summed E-state index contributed by atoms with van der Waals surface area (Å²) in [6, 6.07) is 10.7. The zero-order valence-electron chi connectivity index (χ0n) is 18.5. The van der Waals surface area contributed by atoms with Crippen molar-refractivity contribution in [2.75, 3.05) is 38.1 Å². The Morgan fingerprint density at radius 3 is 2.30 bits per heavy atom. The summed E-state index contributed by atoms with van der Waals surface area (Å²) in [5.74, 6) is 0.468. The molecule has 1 N–H and O–H groups in total. The van der Waals surface area contributed by atoms with Gasteiger partial charge in [-0.1, -0.05) is 45.0 Å². The molecular weight excluding hydrogens is 374 g/mol. The van der Waals surface area contributed by atoms with Gasteiger partial charge in [-0.15, -0.1) is 0 Å². The normalized spacial score (nSPS) is 27.3. The summed E-state index contributed by atoms with van der Waals surface area (Å²) >= 11 is 0. The molecule has 1 aromatic heterocycles. The van der Waals surface area contributed by atoms with Gasteiger partial charge in [0, 0.05) is 49.8 Å².